The van der Waals surface area contributed by atoms with Crippen molar-refractivity contribution in [3.8, 4) is 11.3 Å². The number of benzene rings is 1. The summed E-state index contributed by atoms with van der Waals surface area (Å²) in [6.07, 6.45) is 2.26. The van der Waals surface area contributed by atoms with E-state index in [9.17, 15) is 9.18 Å². The molecule has 28 heavy (non-hydrogen) atoms. The molecule has 0 saturated carbocycles. The van der Waals surface area contributed by atoms with E-state index in [-0.39, 0.29) is 5.56 Å². The van der Waals surface area contributed by atoms with Crippen molar-refractivity contribution in [2.45, 2.75) is 18.8 Å². The fourth-order valence-electron chi connectivity index (χ4n) is 3.45. The van der Waals surface area contributed by atoms with Crippen molar-refractivity contribution in [1.29, 1.82) is 0 Å². The molecule has 1 aliphatic heterocycles. The van der Waals surface area contributed by atoms with Crippen LogP contribution in [-0.2, 0) is 13.6 Å². The fourth-order valence-corrected chi connectivity index (χ4v) is 3.45. The molecule has 1 aromatic carbocycles. The molecule has 3 heterocycles. The van der Waals surface area contributed by atoms with Crippen LogP contribution in [0.3, 0.4) is 0 Å². The molecule has 2 atom stereocenters. The number of anilines is 1. The number of likely N-dealkylation sites (tertiary alicyclic amines) is 1. The maximum atomic E-state index is 14.7. The van der Waals surface area contributed by atoms with E-state index in [0.29, 0.717) is 31.3 Å². The maximum absolute atomic E-state index is 14.7. The monoisotopic (exact) mass is 379 g/mol. The summed E-state index contributed by atoms with van der Waals surface area (Å²) >= 11 is 0. The highest BCUT2D eigenvalue weighted by atomic mass is 19.1. The Hall–Kier alpha value is -3.06. The number of aromatic nitrogens is 3. The fraction of sp³-hybridized carbons (Fsp3) is 0.286. The molecule has 4 rings (SSSR count). The van der Waals surface area contributed by atoms with Gasteiger partial charge in [-0.1, -0.05) is 30.3 Å². The van der Waals surface area contributed by atoms with Crippen LogP contribution in [0.25, 0.3) is 11.3 Å². The molecule has 0 radical (unpaired) electrons. The number of nitrogens with zero attached hydrogens (tertiary/aromatic N) is 4. The predicted octanol–water partition coefficient (Wildman–Crippen LogP) is 2.48. The Morgan fingerprint density at radius 2 is 1.89 bits per heavy atom. The van der Waals surface area contributed by atoms with Crippen LogP contribution in [0.2, 0.25) is 0 Å². The quantitative estimate of drug-likeness (QED) is 0.738. The lowest BCUT2D eigenvalue weighted by atomic mass is 10.2. The molecule has 144 valence electrons. The van der Waals surface area contributed by atoms with Gasteiger partial charge in [0.25, 0.3) is 5.56 Å². The number of halogens is 1. The highest BCUT2D eigenvalue weighted by molar-refractivity contribution is 5.59. The van der Waals surface area contributed by atoms with Crippen molar-refractivity contribution in [1.82, 2.24) is 19.4 Å². The second-order valence-corrected chi connectivity index (χ2v) is 7.04. The topological polar surface area (TPSA) is 63.1 Å². The molecule has 7 heteroatoms. The molecule has 0 amide bonds. The van der Waals surface area contributed by atoms with Crippen LogP contribution in [0.5, 0.6) is 0 Å². The number of nitrogens with one attached hydrogen (secondary N) is 1. The summed E-state index contributed by atoms with van der Waals surface area (Å²) in [7, 11) is 1.64. The summed E-state index contributed by atoms with van der Waals surface area (Å²) in [5.41, 5.74) is 2.30. The van der Waals surface area contributed by atoms with Gasteiger partial charge in [-0.3, -0.25) is 19.2 Å². The van der Waals surface area contributed by atoms with Gasteiger partial charge >= 0.3 is 0 Å². The van der Waals surface area contributed by atoms with Crippen LogP contribution in [0.4, 0.5) is 10.3 Å². The first-order chi connectivity index (χ1) is 13.6. The third-order valence-corrected chi connectivity index (χ3v) is 5.00. The molecular weight excluding hydrogens is 357 g/mol. The Labute approximate surface area is 162 Å². The molecule has 1 saturated heterocycles. The lowest BCUT2D eigenvalue weighted by Crippen LogP contribution is -2.33. The molecule has 1 N–H and O–H groups in total. The average molecular weight is 379 g/mol. The van der Waals surface area contributed by atoms with E-state index in [2.05, 4.69) is 20.2 Å². The first-order valence-corrected chi connectivity index (χ1v) is 9.25. The first-order valence-electron chi connectivity index (χ1n) is 9.25. The summed E-state index contributed by atoms with van der Waals surface area (Å²) < 4.78 is 16.1. The van der Waals surface area contributed by atoms with Crippen LogP contribution < -0.4 is 10.9 Å². The van der Waals surface area contributed by atoms with Gasteiger partial charge in [-0.05, 0) is 17.7 Å². The van der Waals surface area contributed by atoms with E-state index < -0.39 is 12.2 Å². The zero-order valence-electron chi connectivity index (χ0n) is 15.6. The number of alkyl halides is 1. The highest BCUT2D eigenvalue weighted by Crippen LogP contribution is 2.21. The molecule has 6 nitrogen and oxygen atoms in total. The van der Waals surface area contributed by atoms with Crippen molar-refractivity contribution >= 4 is 5.95 Å². The second kappa shape index (κ2) is 7.90. The third-order valence-electron chi connectivity index (χ3n) is 5.00. The van der Waals surface area contributed by atoms with E-state index in [1.807, 2.05) is 30.3 Å². The highest BCUT2D eigenvalue weighted by Gasteiger charge is 2.33. The minimum absolute atomic E-state index is 0.196. The molecule has 0 unspecified atom stereocenters. The van der Waals surface area contributed by atoms with Gasteiger partial charge in [0.15, 0.2) is 0 Å². The maximum Gasteiger partial charge on any atom is 0.255 e. The Morgan fingerprint density at radius 3 is 2.64 bits per heavy atom. The lowest BCUT2D eigenvalue weighted by Gasteiger charge is -2.19. The molecule has 0 aliphatic carbocycles. The summed E-state index contributed by atoms with van der Waals surface area (Å²) in [6, 6.07) is 14.7. The number of pyridine rings is 1. The van der Waals surface area contributed by atoms with Crippen LogP contribution >= 0.6 is 0 Å². The standard InChI is InChI=1S/C21H22FN5O/c1-26-20(28)11-18(16-7-9-23-10-8-16)24-21(26)25-19-14-27(13-17(19)22)12-15-5-3-2-4-6-15/h2-11,17,19H,12-14H2,1H3,(H,24,25)/t17-,19+/m0/s1. The molecule has 1 aliphatic rings. The van der Waals surface area contributed by atoms with Crippen molar-refractivity contribution < 1.29 is 4.39 Å². The van der Waals surface area contributed by atoms with Crippen LogP contribution in [0, 0.1) is 0 Å². The van der Waals surface area contributed by atoms with Crippen molar-refractivity contribution in [3.63, 3.8) is 0 Å². The zero-order valence-corrected chi connectivity index (χ0v) is 15.6. The number of rotatable bonds is 5. The van der Waals surface area contributed by atoms with Crippen LogP contribution in [-0.4, -0.2) is 44.7 Å². The van der Waals surface area contributed by atoms with E-state index in [1.165, 1.54) is 10.6 Å². The molecule has 3 aromatic rings. The van der Waals surface area contributed by atoms with E-state index in [4.69, 9.17) is 0 Å². The van der Waals surface area contributed by atoms with Gasteiger partial charge in [0.2, 0.25) is 5.95 Å². The average Bonchev–Trinajstić information content (AvgIpc) is 3.05. The van der Waals surface area contributed by atoms with E-state index in [0.717, 1.165) is 11.1 Å². The minimum Gasteiger partial charge on any atom is -0.349 e. The number of hydrogen-bond donors (Lipinski definition) is 1. The smallest absolute Gasteiger partial charge is 0.255 e. The summed E-state index contributed by atoms with van der Waals surface area (Å²) in [5, 5.41) is 3.15. The van der Waals surface area contributed by atoms with Crippen molar-refractivity contribution in [3.05, 3.63) is 76.8 Å². The number of hydrogen-bond acceptors (Lipinski definition) is 5. The predicted molar refractivity (Wildman–Crippen MR) is 107 cm³/mol. The van der Waals surface area contributed by atoms with Crippen LogP contribution in [0.15, 0.2) is 65.7 Å². The molecule has 1 fully saturated rings. The van der Waals surface area contributed by atoms with E-state index >= 15 is 0 Å². The Morgan fingerprint density at radius 1 is 1.14 bits per heavy atom. The summed E-state index contributed by atoms with van der Waals surface area (Å²) in [4.78, 5) is 23.0. The van der Waals surface area contributed by atoms with Gasteiger partial charge in [0, 0.05) is 50.7 Å². The first kappa shape index (κ1) is 18.3. The molecule has 0 bridgehead atoms. The largest absolute Gasteiger partial charge is 0.349 e. The van der Waals surface area contributed by atoms with Crippen molar-refractivity contribution in [2.75, 3.05) is 18.4 Å². The molecule has 2 aromatic heterocycles. The lowest BCUT2D eigenvalue weighted by molar-refractivity contribution is 0.281. The van der Waals surface area contributed by atoms with Crippen molar-refractivity contribution in [2.24, 2.45) is 7.05 Å². The summed E-state index contributed by atoms with van der Waals surface area (Å²) in [6.45, 7) is 1.60. The van der Waals surface area contributed by atoms with Crippen LogP contribution in [0.1, 0.15) is 5.56 Å². The van der Waals surface area contributed by atoms with Gasteiger partial charge in [-0.15, -0.1) is 0 Å². The normalized spacial score (nSPS) is 19.6. The SMILES string of the molecule is Cn1c(N[C@@H]2CN(Cc3ccccc3)C[C@@H]2F)nc(-c2ccncc2)cc1=O. The van der Waals surface area contributed by atoms with Gasteiger partial charge in [-0.25, -0.2) is 9.37 Å². The summed E-state index contributed by atoms with van der Waals surface area (Å²) in [5.74, 6) is 0.369. The minimum atomic E-state index is -1.04. The van der Waals surface area contributed by atoms with Gasteiger partial charge in [0.05, 0.1) is 11.7 Å². The van der Waals surface area contributed by atoms with Gasteiger partial charge in [0.1, 0.15) is 6.17 Å². The zero-order chi connectivity index (χ0) is 19.5. The second-order valence-electron chi connectivity index (χ2n) is 7.04. The van der Waals surface area contributed by atoms with Gasteiger partial charge in [-0.2, -0.15) is 0 Å². The van der Waals surface area contributed by atoms with E-state index in [1.54, 1.807) is 31.6 Å². The third kappa shape index (κ3) is 3.94. The Kier molecular flexibility index (Phi) is 5.16. The Bertz CT molecular complexity index is 993. The molecule has 0 spiro atoms. The van der Waals surface area contributed by atoms with Gasteiger partial charge < -0.3 is 5.32 Å². The Balaban J connectivity index is 1.52. The molecular formula is C21H22FN5O.